The number of nitrogens with one attached hydrogen (secondary N) is 1. The van der Waals surface area contributed by atoms with Gasteiger partial charge >= 0.3 is 0 Å². The van der Waals surface area contributed by atoms with E-state index in [1.54, 1.807) is 24.3 Å². The van der Waals surface area contributed by atoms with E-state index in [9.17, 15) is 9.90 Å². The van der Waals surface area contributed by atoms with Crippen molar-refractivity contribution in [2.24, 2.45) is 5.10 Å². The van der Waals surface area contributed by atoms with Crippen LogP contribution in [0.25, 0.3) is 0 Å². The minimum atomic E-state index is -0.221. The lowest BCUT2D eigenvalue weighted by Gasteiger charge is -1.97. The summed E-state index contributed by atoms with van der Waals surface area (Å²) < 4.78 is 0. The lowest BCUT2D eigenvalue weighted by atomic mass is 10.2. The Balaban J connectivity index is 1.86. The van der Waals surface area contributed by atoms with E-state index >= 15 is 0 Å². The van der Waals surface area contributed by atoms with Gasteiger partial charge in [0.1, 0.15) is 5.75 Å². The monoisotopic (exact) mass is 275 g/mol. The number of rotatable bonds is 4. The first-order valence-corrected chi connectivity index (χ1v) is 6.53. The van der Waals surface area contributed by atoms with Gasteiger partial charge in [0.05, 0.1) is 23.3 Å². The van der Waals surface area contributed by atoms with Crippen LogP contribution >= 0.6 is 11.3 Å². The molecule has 1 aromatic heterocycles. The van der Waals surface area contributed by atoms with Gasteiger partial charge in [0.25, 0.3) is 0 Å². The molecule has 0 atom stereocenters. The number of thiazole rings is 1. The zero-order valence-corrected chi connectivity index (χ0v) is 11.1. The zero-order valence-electron chi connectivity index (χ0n) is 10.3. The second-order valence-corrected chi connectivity index (χ2v) is 4.99. The highest BCUT2D eigenvalue weighted by molar-refractivity contribution is 7.09. The summed E-state index contributed by atoms with van der Waals surface area (Å²) in [4.78, 5) is 15.8. The van der Waals surface area contributed by atoms with Crippen LogP contribution in [0.5, 0.6) is 5.75 Å². The Kier molecular flexibility index (Phi) is 4.25. The maximum absolute atomic E-state index is 11.6. The van der Waals surface area contributed by atoms with Crippen LogP contribution in [0.15, 0.2) is 34.7 Å². The molecule has 0 radical (unpaired) electrons. The number of phenols is 1. The highest BCUT2D eigenvalue weighted by atomic mass is 32.1. The van der Waals surface area contributed by atoms with E-state index in [4.69, 9.17) is 0 Å². The van der Waals surface area contributed by atoms with Crippen LogP contribution in [0.1, 0.15) is 16.3 Å². The van der Waals surface area contributed by atoms with Gasteiger partial charge in [0, 0.05) is 5.38 Å². The molecule has 0 aliphatic rings. The Morgan fingerprint density at radius 1 is 1.58 bits per heavy atom. The van der Waals surface area contributed by atoms with E-state index in [2.05, 4.69) is 15.5 Å². The van der Waals surface area contributed by atoms with Crippen molar-refractivity contribution in [3.63, 3.8) is 0 Å². The highest BCUT2D eigenvalue weighted by Gasteiger charge is 2.04. The number of carbonyl (C=O) groups is 1. The lowest BCUT2D eigenvalue weighted by molar-refractivity contribution is -0.120. The second-order valence-electron chi connectivity index (χ2n) is 3.92. The topological polar surface area (TPSA) is 74.6 Å². The molecule has 0 spiro atoms. The molecular weight excluding hydrogens is 262 g/mol. The van der Waals surface area contributed by atoms with Crippen molar-refractivity contribution in [3.05, 3.63) is 45.9 Å². The third-order valence-corrected chi connectivity index (χ3v) is 3.10. The molecule has 2 rings (SSSR count). The highest BCUT2D eigenvalue weighted by Crippen LogP contribution is 2.09. The quantitative estimate of drug-likeness (QED) is 0.660. The van der Waals surface area contributed by atoms with Crippen LogP contribution in [0.4, 0.5) is 0 Å². The van der Waals surface area contributed by atoms with E-state index in [1.807, 2.05) is 12.3 Å². The predicted octanol–water partition coefficient (Wildman–Crippen LogP) is 1.85. The van der Waals surface area contributed by atoms with Gasteiger partial charge in [-0.05, 0) is 24.6 Å². The fraction of sp³-hybridized carbons (Fsp3) is 0.154. The average Bonchev–Trinajstić information content (AvgIpc) is 2.75. The Labute approximate surface area is 114 Å². The Morgan fingerprint density at radius 3 is 3.11 bits per heavy atom. The maximum atomic E-state index is 11.6. The fourth-order valence-electron chi connectivity index (χ4n) is 1.48. The summed E-state index contributed by atoms with van der Waals surface area (Å²) in [7, 11) is 0. The molecule has 0 unspecified atom stereocenters. The molecule has 0 aliphatic carbocycles. The van der Waals surface area contributed by atoms with E-state index < -0.39 is 0 Å². The molecule has 0 fully saturated rings. The molecule has 1 aromatic carbocycles. The summed E-state index contributed by atoms with van der Waals surface area (Å²) in [5, 5.41) is 15.9. The molecule has 19 heavy (non-hydrogen) atoms. The lowest BCUT2D eigenvalue weighted by Crippen LogP contribution is -2.19. The summed E-state index contributed by atoms with van der Waals surface area (Å²) in [6.07, 6.45) is 1.69. The van der Waals surface area contributed by atoms with Crippen LogP contribution in [-0.2, 0) is 11.2 Å². The van der Waals surface area contributed by atoms with Gasteiger partial charge in [0.2, 0.25) is 5.91 Å². The number of hydrogen-bond acceptors (Lipinski definition) is 5. The van der Waals surface area contributed by atoms with Gasteiger partial charge in [0.15, 0.2) is 0 Å². The number of aryl methyl sites for hydroxylation is 1. The van der Waals surface area contributed by atoms with Crippen LogP contribution in [0.3, 0.4) is 0 Å². The van der Waals surface area contributed by atoms with E-state index in [0.29, 0.717) is 5.56 Å². The third kappa shape index (κ3) is 4.18. The SMILES string of the molecule is Cc1nc(CC(=O)N/N=C\c2cccc(O)c2)cs1. The van der Waals surface area contributed by atoms with Crippen molar-refractivity contribution < 1.29 is 9.90 Å². The number of phenolic OH excluding ortho intramolecular Hbond substituents is 1. The molecule has 98 valence electrons. The van der Waals surface area contributed by atoms with Crippen LogP contribution < -0.4 is 5.43 Å². The number of hydrazone groups is 1. The normalized spacial score (nSPS) is 10.8. The first-order chi connectivity index (χ1) is 9.13. The van der Waals surface area contributed by atoms with Crippen molar-refractivity contribution in [1.82, 2.24) is 10.4 Å². The molecule has 1 amide bonds. The van der Waals surface area contributed by atoms with Crippen molar-refractivity contribution in [3.8, 4) is 5.75 Å². The van der Waals surface area contributed by atoms with Crippen LogP contribution in [0.2, 0.25) is 0 Å². The molecule has 0 bridgehead atoms. The summed E-state index contributed by atoms with van der Waals surface area (Å²) in [5.74, 6) is -0.0603. The molecule has 5 nitrogen and oxygen atoms in total. The Bertz CT molecular complexity index is 607. The van der Waals surface area contributed by atoms with Crippen molar-refractivity contribution in [1.29, 1.82) is 0 Å². The number of hydrogen-bond donors (Lipinski definition) is 2. The first kappa shape index (κ1) is 13.2. The molecule has 0 saturated heterocycles. The van der Waals surface area contributed by atoms with Crippen molar-refractivity contribution >= 4 is 23.5 Å². The third-order valence-electron chi connectivity index (χ3n) is 2.28. The summed E-state index contributed by atoms with van der Waals surface area (Å²) in [6.45, 7) is 1.89. The first-order valence-electron chi connectivity index (χ1n) is 5.65. The Morgan fingerprint density at radius 2 is 2.42 bits per heavy atom. The van der Waals surface area contributed by atoms with E-state index in [-0.39, 0.29) is 18.1 Å². The number of benzene rings is 1. The summed E-state index contributed by atoms with van der Waals surface area (Å²) in [5.41, 5.74) is 3.88. The van der Waals surface area contributed by atoms with Gasteiger partial charge in [-0.25, -0.2) is 10.4 Å². The number of nitrogens with zero attached hydrogens (tertiary/aromatic N) is 2. The minimum Gasteiger partial charge on any atom is -0.508 e. The average molecular weight is 275 g/mol. The van der Waals surface area contributed by atoms with Crippen molar-refractivity contribution in [2.45, 2.75) is 13.3 Å². The van der Waals surface area contributed by atoms with Crippen LogP contribution in [-0.4, -0.2) is 22.2 Å². The summed E-state index contributed by atoms with van der Waals surface area (Å²) >= 11 is 1.51. The number of carbonyl (C=O) groups excluding carboxylic acids is 1. The smallest absolute Gasteiger partial charge is 0.246 e. The fourth-order valence-corrected chi connectivity index (χ4v) is 2.09. The predicted molar refractivity (Wildman–Crippen MR) is 74.4 cm³/mol. The number of aromatic nitrogens is 1. The van der Waals surface area contributed by atoms with E-state index in [0.717, 1.165) is 10.7 Å². The number of amides is 1. The van der Waals surface area contributed by atoms with Crippen LogP contribution in [0, 0.1) is 6.92 Å². The van der Waals surface area contributed by atoms with Gasteiger partial charge in [-0.2, -0.15) is 5.10 Å². The molecule has 2 N–H and O–H groups in total. The molecule has 6 heteroatoms. The molecular formula is C13H13N3O2S. The van der Waals surface area contributed by atoms with E-state index in [1.165, 1.54) is 17.6 Å². The van der Waals surface area contributed by atoms with Gasteiger partial charge in [-0.3, -0.25) is 4.79 Å². The van der Waals surface area contributed by atoms with Crippen molar-refractivity contribution in [2.75, 3.05) is 0 Å². The molecule has 0 aliphatic heterocycles. The molecule has 2 aromatic rings. The maximum Gasteiger partial charge on any atom is 0.246 e. The Hall–Kier alpha value is -2.21. The minimum absolute atomic E-state index is 0.160. The van der Waals surface area contributed by atoms with Gasteiger partial charge < -0.3 is 5.11 Å². The van der Waals surface area contributed by atoms with Gasteiger partial charge in [-0.15, -0.1) is 11.3 Å². The zero-order chi connectivity index (χ0) is 13.7. The largest absolute Gasteiger partial charge is 0.508 e. The standard InChI is InChI=1S/C13H13N3O2S/c1-9-15-11(8-19-9)6-13(18)16-14-7-10-3-2-4-12(17)5-10/h2-5,7-8,17H,6H2,1H3,(H,16,18)/b14-7-. The van der Waals surface area contributed by atoms with Gasteiger partial charge in [-0.1, -0.05) is 12.1 Å². The molecule has 0 saturated carbocycles. The second kappa shape index (κ2) is 6.10. The summed E-state index contributed by atoms with van der Waals surface area (Å²) in [6, 6.07) is 6.61. The number of aromatic hydroxyl groups is 1. The molecule has 1 heterocycles.